The predicted octanol–water partition coefficient (Wildman–Crippen LogP) is 5.00. The monoisotopic (exact) mass is 396 g/mol. The number of aryl methyl sites for hydroxylation is 1. The first-order valence-electron chi connectivity index (χ1n) is 8.80. The highest BCUT2D eigenvalue weighted by Gasteiger charge is 2.24. The molecule has 8 heteroatoms. The Bertz CT molecular complexity index is 791. The number of hydrogen-bond acceptors (Lipinski definition) is 4. The largest absolute Gasteiger partial charge is 0.324 e. The predicted molar refractivity (Wildman–Crippen MR) is 102 cm³/mol. The van der Waals surface area contributed by atoms with E-state index >= 15 is 0 Å². The Labute approximate surface area is 161 Å². The summed E-state index contributed by atoms with van der Waals surface area (Å²) in [5.41, 5.74) is 0.399. The lowest BCUT2D eigenvalue weighted by atomic mass is 9.95. The molecule has 0 spiro atoms. The van der Waals surface area contributed by atoms with E-state index in [1.165, 1.54) is 49.2 Å². The van der Waals surface area contributed by atoms with Gasteiger partial charge in [0.05, 0.1) is 16.0 Å². The number of halogens is 2. The zero-order valence-corrected chi connectivity index (χ0v) is 16.4. The number of aromatic nitrogens is 3. The van der Waals surface area contributed by atoms with E-state index < -0.39 is 5.82 Å². The summed E-state index contributed by atoms with van der Waals surface area (Å²) in [6, 6.07) is 4.31. The number of hydrogen-bond donors (Lipinski definition) is 1. The quantitative estimate of drug-likeness (QED) is 0.722. The SMILES string of the molecule is Cc1nnc(SC(C)C(=O)Nc2ccc(F)cc2Cl)n1C1CCCCC1. The molecule has 1 saturated carbocycles. The van der Waals surface area contributed by atoms with Crippen LogP contribution in [0.5, 0.6) is 0 Å². The van der Waals surface area contributed by atoms with Crippen LogP contribution < -0.4 is 5.32 Å². The summed E-state index contributed by atoms with van der Waals surface area (Å²) in [5.74, 6) is 0.236. The third-order valence-electron chi connectivity index (χ3n) is 4.62. The highest BCUT2D eigenvalue weighted by atomic mass is 35.5. The van der Waals surface area contributed by atoms with Gasteiger partial charge < -0.3 is 9.88 Å². The molecule has 1 heterocycles. The summed E-state index contributed by atoms with van der Waals surface area (Å²) in [4.78, 5) is 12.5. The van der Waals surface area contributed by atoms with Crippen molar-refractivity contribution >= 4 is 35.0 Å². The zero-order valence-electron chi connectivity index (χ0n) is 14.8. The van der Waals surface area contributed by atoms with Crippen molar-refractivity contribution in [2.45, 2.75) is 62.4 Å². The number of carbonyl (C=O) groups is 1. The number of amides is 1. The Morgan fingerprint density at radius 2 is 2.08 bits per heavy atom. The van der Waals surface area contributed by atoms with Crippen LogP contribution in [0.1, 0.15) is 50.9 Å². The minimum atomic E-state index is -0.438. The molecule has 26 heavy (non-hydrogen) atoms. The van der Waals surface area contributed by atoms with Gasteiger partial charge in [-0.25, -0.2) is 4.39 Å². The number of nitrogens with zero attached hydrogens (tertiary/aromatic N) is 3. The first-order valence-corrected chi connectivity index (χ1v) is 10.1. The van der Waals surface area contributed by atoms with Crippen LogP contribution in [0.4, 0.5) is 10.1 Å². The maximum atomic E-state index is 13.1. The van der Waals surface area contributed by atoms with Crippen LogP contribution in [0.3, 0.4) is 0 Å². The Morgan fingerprint density at radius 1 is 1.35 bits per heavy atom. The fourth-order valence-corrected chi connectivity index (χ4v) is 4.41. The van der Waals surface area contributed by atoms with Crippen LogP contribution in [-0.2, 0) is 4.79 Å². The van der Waals surface area contributed by atoms with E-state index in [9.17, 15) is 9.18 Å². The fraction of sp³-hybridized carbons (Fsp3) is 0.500. The van der Waals surface area contributed by atoms with Gasteiger partial charge in [0.1, 0.15) is 11.6 Å². The van der Waals surface area contributed by atoms with Crippen molar-refractivity contribution in [2.75, 3.05) is 5.32 Å². The number of thioether (sulfide) groups is 1. The summed E-state index contributed by atoms with van der Waals surface area (Å²) in [5, 5.41) is 11.8. The highest BCUT2D eigenvalue weighted by Crippen LogP contribution is 2.34. The molecule has 0 bridgehead atoms. The lowest BCUT2D eigenvalue weighted by Crippen LogP contribution is -2.24. The second kappa shape index (κ2) is 8.39. The average molecular weight is 397 g/mol. The maximum absolute atomic E-state index is 13.1. The van der Waals surface area contributed by atoms with Gasteiger partial charge in [-0.1, -0.05) is 42.6 Å². The van der Waals surface area contributed by atoms with Gasteiger partial charge in [-0.2, -0.15) is 0 Å². The molecule has 1 N–H and O–H groups in total. The standard InChI is InChI=1S/C18H22ClFN4OS/c1-11(17(25)21-16-9-8-13(20)10-15(16)19)26-18-23-22-12(2)24(18)14-6-4-3-5-7-14/h8-11,14H,3-7H2,1-2H3,(H,21,25). The Hall–Kier alpha value is -1.60. The zero-order chi connectivity index (χ0) is 18.7. The summed E-state index contributed by atoms with van der Waals surface area (Å²) in [7, 11) is 0. The maximum Gasteiger partial charge on any atom is 0.237 e. The Morgan fingerprint density at radius 3 is 2.77 bits per heavy atom. The molecular weight excluding hydrogens is 375 g/mol. The van der Waals surface area contributed by atoms with Crippen molar-refractivity contribution in [3.8, 4) is 0 Å². The molecule has 0 radical (unpaired) electrons. The van der Waals surface area contributed by atoms with Crippen molar-refractivity contribution in [1.82, 2.24) is 14.8 Å². The lowest BCUT2D eigenvalue weighted by Gasteiger charge is -2.25. The minimum absolute atomic E-state index is 0.178. The van der Waals surface area contributed by atoms with Gasteiger partial charge in [-0.3, -0.25) is 4.79 Å². The van der Waals surface area contributed by atoms with Crippen molar-refractivity contribution < 1.29 is 9.18 Å². The fourth-order valence-electron chi connectivity index (χ4n) is 3.23. The number of rotatable bonds is 5. The first kappa shape index (κ1) is 19.2. The van der Waals surface area contributed by atoms with E-state index in [0.29, 0.717) is 11.7 Å². The van der Waals surface area contributed by atoms with Crippen molar-refractivity contribution in [3.63, 3.8) is 0 Å². The molecule has 3 rings (SSSR count). The third-order valence-corrected chi connectivity index (χ3v) is 5.98. The average Bonchev–Trinajstić information content (AvgIpc) is 2.98. The van der Waals surface area contributed by atoms with Crippen LogP contribution in [0, 0.1) is 12.7 Å². The normalized spacial score (nSPS) is 16.5. The number of carbonyl (C=O) groups excluding carboxylic acids is 1. The molecule has 1 aromatic heterocycles. The molecule has 1 amide bonds. The topological polar surface area (TPSA) is 59.8 Å². The molecule has 0 aliphatic heterocycles. The van der Waals surface area contributed by atoms with Gasteiger partial charge in [-0.15, -0.1) is 10.2 Å². The molecule has 1 unspecified atom stereocenters. The molecule has 1 fully saturated rings. The summed E-state index contributed by atoms with van der Waals surface area (Å²) < 4.78 is 15.3. The van der Waals surface area contributed by atoms with Crippen molar-refractivity contribution in [2.24, 2.45) is 0 Å². The second-order valence-corrected chi connectivity index (χ2v) is 8.28. The van der Waals surface area contributed by atoms with Gasteiger partial charge in [0.25, 0.3) is 0 Å². The van der Waals surface area contributed by atoms with Crippen LogP contribution in [-0.4, -0.2) is 25.9 Å². The summed E-state index contributed by atoms with van der Waals surface area (Å²) in [6.07, 6.45) is 5.95. The number of anilines is 1. The van der Waals surface area contributed by atoms with Gasteiger partial charge in [0.2, 0.25) is 5.91 Å². The van der Waals surface area contributed by atoms with E-state index in [4.69, 9.17) is 11.6 Å². The van der Waals surface area contributed by atoms with E-state index in [1.54, 1.807) is 0 Å². The van der Waals surface area contributed by atoms with Gasteiger partial charge in [0.15, 0.2) is 5.16 Å². The van der Waals surface area contributed by atoms with E-state index in [-0.39, 0.29) is 16.2 Å². The molecule has 140 valence electrons. The first-order chi connectivity index (χ1) is 12.5. The van der Waals surface area contributed by atoms with Gasteiger partial charge in [-0.05, 0) is 44.9 Å². The molecule has 1 aliphatic rings. The molecule has 5 nitrogen and oxygen atoms in total. The Kier molecular flexibility index (Phi) is 6.19. The van der Waals surface area contributed by atoms with Crippen molar-refractivity contribution in [3.05, 3.63) is 34.9 Å². The van der Waals surface area contributed by atoms with Crippen LogP contribution in [0.25, 0.3) is 0 Å². The number of benzene rings is 1. The number of nitrogens with one attached hydrogen (secondary N) is 1. The van der Waals surface area contributed by atoms with Crippen LogP contribution in [0.15, 0.2) is 23.4 Å². The molecule has 1 atom stereocenters. The molecule has 1 aliphatic carbocycles. The third kappa shape index (κ3) is 4.38. The second-order valence-electron chi connectivity index (χ2n) is 6.57. The molecule has 2 aromatic rings. The van der Waals surface area contributed by atoms with E-state index in [1.807, 2.05) is 13.8 Å². The smallest absolute Gasteiger partial charge is 0.237 e. The van der Waals surface area contributed by atoms with Gasteiger partial charge in [0, 0.05) is 6.04 Å². The van der Waals surface area contributed by atoms with E-state index in [0.717, 1.165) is 23.8 Å². The van der Waals surface area contributed by atoms with Gasteiger partial charge >= 0.3 is 0 Å². The molecule has 0 saturated heterocycles. The van der Waals surface area contributed by atoms with Crippen molar-refractivity contribution in [1.29, 1.82) is 0 Å². The summed E-state index contributed by atoms with van der Waals surface area (Å²) in [6.45, 7) is 3.77. The summed E-state index contributed by atoms with van der Waals surface area (Å²) >= 11 is 7.36. The van der Waals surface area contributed by atoms with Crippen LogP contribution in [0.2, 0.25) is 5.02 Å². The molecule has 1 aromatic carbocycles. The highest BCUT2D eigenvalue weighted by molar-refractivity contribution is 8.00. The van der Waals surface area contributed by atoms with Crippen LogP contribution >= 0.6 is 23.4 Å². The molecular formula is C18H22ClFN4OS. The lowest BCUT2D eigenvalue weighted by molar-refractivity contribution is -0.115. The Balaban J connectivity index is 1.69. The minimum Gasteiger partial charge on any atom is -0.324 e. The van der Waals surface area contributed by atoms with E-state index in [2.05, 4.69) is 20.1 Å².